The van der Waals surface area contributed by atoms with Crippen molar-refractivity contribution in [3.05, 3.63) is 265 Å². The first-order chi connectivity index (χ1) is 36.2. The highest BCUT2D eigenvalue weighted by molar-refractivity contribution is 6.16. The Hall–Kier alpha value is -8.98. The van der Waals surface area contributed by atoms with Crippen molar-refractivity contribution in [2.75, 3.05) is 9.80 Å². The fourth-order valence-electron chi connectivity index (χ4n) is 13.5. The van der Waals surface area contributed by atoms with E-state index in [-0.39, 0.29) is 10.8 Å². The average molecular weight is 945 g/mol. The van der Waals surface area contributed by atoms with Gasteiger partial charge in [-0.25, -0.2) is 0 Å². The van der Waals surface area contributed by atoms with Crippen LogP contribution in [0.2, 0.25) is 0 Å². The maximum atomic E-state index is 2.55. The van der Waals surface area contributed by atoms with Crippen molar-refractivity contribution in [3.63, 3.8) is 0 Å². The zero-order valence-corrected chi connectivity index (χ0v) is 42.0. The summed E-state index contributed by atoms with van der Waals surface area (Å²) < 4.78 is 0. The van der Waals surface area contributed by atoms with Gasteiger partial charge >= 0.3 is 0 Å². The predicted octanol–water partition coefficient (Wildman–Crippen LogP) is 20.2. The first kappa shape index (κ1) is 42.7. The summed E-state index contributed by atoms with van der Waals surface area (Å²) >= 11 is 0. The number of fused-ring (bicyclic) bond motifs is 15. The lowest BCUT2D eigenvalue weighted by molar-refractivity contribution is 0.601. The zero-order valence-electron chi connectivity index (χ0n) is 42.0. The van der Waals surface area contributed by atoms with Gasteiger partial charge in [0.2, 0.25) is 0 Å². The van der Waals surface area contributed by atoms with Crippen LogP contribution in [-0.2, 0) is 10.8 Å². The van der Waals surface area contributed by atoms with E-state index in [4.69, 9.17) is 0 Å². The summed E-state index contributed by atoms with van der Waals surface area (Å²) in [5.41, 5.74) is 17.2. The first-order valence-corrected chi connectivity index (χ1v) is 26.1. The molecule has 2 aliphatic rings. The molecule has 2 nitrogen and oxygen atoms in total. The minimum absolute atomic E-state index is 0.347. The van der Waals surface area contributed by atoms with Crippen LogP contribution in [0, 0.1) is 0 Å². The fourth-order valence-corrected chi connectivity index (χ4v) is 13.5. The molecule has 0 unspecified atom stereocenters. The molecule has 350 valence electrons. The van der Waals surface area contributed by atoms with Crippen LogP contribution in [0.25, 0.3) is 86.9 Å². The van der Waals surface area contributed by atoms with E-state index < -0.39 is 0 Å². The molecular weight excluding hydrogens is 893 g/mol. The molecule has 0 saturated heterocycles. The molecule has 2 heteroatoms. The number of anilines is 6. The lowest BCUT2D eigenvalue weighted by Gasteiger charge is -2.33. The molecule has 0 N–H and O–H groups in total. The lowest BCUT2D eigenvalue weighted by atomic mass is 9.72. The summed E-state index contributed by atoms with van der Waals surface area (Å²) in [5.74, 6) is 0. The molecule has 0 aliphatic heterocycles. The molecule has 0 heterocycles. The zero-order chi connectivity index (χ0) is 49.5. The van der Waals surface area contributed by atoms with Crippen LogP contribution in [0.15, 0.2) is 243 Å². The maximum absolute atomic E-state index is 2.55. The lowest BCUT2D eigenvalue weighted by Crippen LogP contribution is -2.24. The Kier molecular flexibility index (Phi) is 9.09. The number of nitrogens with zero attached hydrogens (tertiary/aromatic N) is 2. The summed E-state index contributed by atoms with van der Waals surface area (Å²) in [6.07, 6.45) is 0. The van der Waals surface area contributed by atoms with Crippen LogP contribution in [0.5, 0.6) is 0 Å². The van der Waals surface area contributed by atoms with Gasteiger partial charge in [-0.3, -0.25) is 0 Å². The Bertz CT molecular complexity index is 4220. The molecule has 0 radical (unpaired) electrons. The minimum Gasteiger partial charge on any atom is -0.309 e. The molecule has 0 saturated carbocycles. The first-order valence-electron chi connectivity index (χ1n) is 26.1. The summed E-state index contributed by atoms with van der Waals surface area (Å²) in [6.45, 7) is 9.94. The Morgan fingerprint density at radius 3 is 1.01 bits per heavy atom. The third kappa shape index (κ3) is 6.06. The summed E-state index contributed by atoms with van der Waals surface area (Å²) in [4.78, 5) is 5.07. The predicted molar refractivity (Wildman–Crippen MR) is 316 cm³/mol. The van der Waals surface area contributed by atoms with Gasteiger partial charge in [0, 0.05) is 43.7 Å². The third-order valence-corrected chi connectivity index (χ3v) is 16.9. The van der Waals surface area contributed by atoms with Crippen LogP contribution in [0.1, 0.15) is 49.9 Å². The van der Waals surface area contributed by atoms with E-state index in [1.54, 1.807) is 0 Å². The van der Waals surface area contributed by atoms with Crippen LogP contribution < -0.4 is 9.80 Å². The molecule has 15 rings (SSSR count). The van der Waals surface area contributed by atoms with E-state index in [1.165, 1.54) is 121 Å². The number of rotatable bonds is 6. The van der Waals surface area contributed by atoms with Crippen molar-refractivity contribution >= 4 is 98.8 Å². The molecule has 0 bridgehead atoms. The van der Waals surface area contributed by atoms with Crippen molar-refractivity contribution in [2.45, 2.75) is 38.5 Å². The van der Waals surface area contributed by atoms with E-state index in [9.17, 15) is 0 Å². The van der Waals surface area contributed by atoms with Gasteiger partial charge in [0.15, 0.2) is 0 Å². The molecule has 0 spiro atoms. The smallest absolute Gasteiger partial charge is 0.0543 e. The Morgan fingerprint density at radius 1 is 0.257 bits per heavy atom. The van der Waals surface area contributed by atoms with E-state index in [0.29, 0.717) is 0 Å². The second kappa shape index (κ2) is 15.8. The van der Waals surface area contributed by atoms with Gasteiger partial charge in [0.1, 0.15) is 0 Å². The van der Waals surface area contributed by atoms with Crippen molar-refractivity contribution < 1.29 is 0 Å². The average Bonchev–Trinajstić information content (AvgIpc) is 3.84. The molecule has 2 aliphatic carbocycles. The molecular formula is C72H52N2. The summed E-state index contributed by atoms with van der Waals surface area (Å²) in [5, 5.41) is 14.8. The fraction of sp³-hybridized carbons (Fsp3) is 0.0833. The highest BCUT2D eigenvalue weighted by Crippen LogP contribution is 2.63. The second-order valence-electron chi connectivity index (χ2n) is 21.6. The molecule has 74 heavy (non-hydrogen) atoms. The Labute approximate surface area is 432 Å². The van der Waals surface area contributed by atoms with Gasteiger partial charge in [0.05, 0.1) is 22.7 Å². The van der Waals surface area contributed by atoms with Gasteiger partial charge in [-0.05, 0) is 136 Å². The summed E-state index contributed by atoms with van der Waals surface area (Å²) in [7, 11) is 0. The highest BCUT2D eigenvalue weighted by atomic mass is 15.2. The minimum atomic E-state index is -0.347. The van der Waals surface area contributed by atoms with Crippen molar-refractivity contribution in [1.29, 1.82) is 0 Å². The van der Waals surface area contributed by atoms with Crippen LogP contribution in [0.4, 0.5) is 34.1 Å². The molecule has 0 fully saturated rings. The van der Waals surface area contributed by atoms with Crippen molar-refractivity contribution in [2.24, 2.45) is 0 Å². The number of benzene rings is 13. The van der Waals surface area contributed by atoms with E-state index in [0.717, 1.165) is 22.7 Å². The van der Waals surface area contributed by atoms with Gasteiger partial charge in [-0.1, -0.05) is 222 Å². The number of hydrogen-bond acceptors (Lipinski definition) is 2. The van der Waals surface area contributed by atoms with Gasteiger partial charge in [0.25, 0.3) is 0 Å². The standard InChI is InChI=1S/C72H52N2/c1-71(2)61-43-65(73(51-37-35-45-19-5-7-23-49(45)41-51)63-33-17-25-47-21-9-11-27-53(47)63)55-29-13-15-31-57(55)67(61)59-39-40-60-68-58-32-16-14-30-56(58)66(44-62(68)72(3,4)70(60)69(59)71)74(52-38-36-46-20-6-8-24-50(46)42-52)64-34-18-26-48-22-10-12-28-54(48)64/h5-44H,1-4H3. The number of hydrogen-bond donors (Lipinski definition) is 0. The molecule has 13 aromatic rings. The monoisotopic (exact) mass is 944 g/mol. The van der Waals surface area contributed by atoms with Crippen molar-refractivity contribution in [3.8, 4) is 22.3 Å². The highest BCUT2D eigenvalue weighted by Gasteiger charge is 2.47. The quantitative estimate of drug-likeness (QED) is 0.164. The second-order valence-corrected chi connectivity index (χ2v) is 21.6. The maximum Gasteiger partial charge on any atom is 0.0543 e. The molecule has 0 atom stereocenters. The third-order valence-electron chi connectivity index (χ3n) is 16.9. The Morgan fingerprint density at radius 2 is 0.595 bits per heavy atom. The van der Waals surface area contributed by atoms with Crippen LogP contribution >= 0.6 is 0 Å². The molecule has 13 aromatic carbocycles. The molecule has 0 aromatic heterocycles. The normalized spacial score (nSPS) is 13.9. The topological polar surface area (TPSA) is 6.48 Å². The van der Waals surface area contributed by atoms with E-state index in [1.807, 2.05) is 0 Å². The van der Waals surface area contributed by atoms with E-state index in [2.05, 4.69) is 280 Å². The SMILES string of the molecule is CC1(C)c2cc(N(c3ccc4ccccc4c3)c3cccc4ccccc34)c3ccccc3c2-c2ccc3c(c21)C(C)(C)c1cc(N(c2ccc4ccccc4c2)c2cccc4ccccc24)c2ccccc2c1-3. The summed E-state index contributed by atoms with van der Waals surface area (Å²) in [6, 6.07) is 90.8. The van der Waals surface area contributed by atoms with Gasteiger partial charge < -0.3 is 9.80 Å². The van der Waals surface area contributed by atoms with Crippen LogP contribution in [-0.4, -0.2) is 0 Å². The molecule has 0 amide bonds. The van der Waals surface area contributed by atoms with Gasteiger partial charge in [-0.2, -0.15) is 0 Å². The van der Waals surface area contributed by atoms with Crippen LogP contribution in [0.3, 0.4) is 0 Å². The van der Waals surface area contributed by atoms with Gasteiger partial charge in [-0.15, -0.1) is 0 Å². The Balaban J connectivity index is 0.962. The largest absolute Gasteiger partial charge is 0.309 e. The van der Waals surface area contributed by atoms with E-state index >= 15 is 0 Å². The van der Waals surface area contributed by atoms with Crippen molar-refractivity contribution in [1.82, 2.24) is 0 Å².